The summed E-state index contributed by atoms with van der Waals surface area (Å²) in [5.74, 6) is -0.0364. The number of hydrogen-bond donors (Lipinski definition) is 1. The molecule has 0 bridgehead atoms. The summed E-state index contributed by atoms with van der Waals surface area (Å²) in [6.07, 6.45) is -4.12. The molecule has 1 fully saturated rings. The summed E-state index contributed by atoms with van der Waals surface area (Å²) >= 11 is 0. The van der Waals surface area contributed by atoms with Gasteiger partial charge >= 0.3 is 6.18 Å². The van der Waals surface area contributed by atoms with Gasteiger partial charge in [-0.15, -0.1) is 0 Å². The average Bonchev–Trinajstić information content (AvgIpc) is 3.41. The largest absolute Gasteiger partial charge is 0.497 e. The van der Waals surface area contributed by atoms with Gasteiger partial charge in [-0.2, -0.15) is 18.3 Å². The van der Waals surface area contributed by atoms with E-state index in [1.54, 1.807) is 41.9 Å². The van der Waals surface area contributed by atoms with Crippen molar-refractivity contribution in [1.82, 2.24) is 14.8 Å². The van der Waals surface area contributed by atoms with Crippen LogP contribution < -0.4 is 10.1 Å². The third kappa shape index (κ3) is 4.95. The van der Waals surface area contributed by atoms with Gasteiger partial charge in [0.15, 0.2) is 15.5 Å². The van der Waals surface area contributed by atoms with E-state index >= 15 is 0 Å². The van der Waals surface area contributed by atoms with E-state index in [0.29, 0.717) is 40.2 Å². The maximum absolute atomic E-state index is 13.5. The Hall–Kier alpha value is -3.93. The summed E-state index contributed by atoms with van der Waals surface area (Å²) in [7, 11) is -1.69. The molecule has 2 aromatic carbocycles. The lowest BCUT2D eigenvalue weighted by Gasteiger charge is -2.13. The summed E-state index contributed by atoms with van der Waals surface area (Å²) in [4.78, 5) is 18.3. The van der Waals surface area contributed by atoms with Crippen molar-refractivity contribution in [2.75, 3.05) is 23.9 Å². The zero-order valence-corrected chi connectivity index (χ0v) is 21.2. The first kappa shape index (κ1) is 25.7. The SMILES string of the molecule is COc1cccc(-c2cc(C(=O)Nc3ccc(C(F)(F)F)cc3)c3c(C)nn(C4CCS(=O)(=O)C4)c3n2)c1. The lowest BCUT2D eigenvalue weighted by molar-refractivity contribution is -0.137. The Bertz CT molecular complexity index is 1650. The molecule has 1 N–H and O–H groups in total. The Morgan fingerprint density at radius 1 is 1.13 bits per heavy atom. The molecule has 1 aliphatic heterocycles. The number of benzene rings is 2. The summed E-state index contributed by atoms with van der Waals surface area (Å²) in [6, 6.07) is 12.4. The minimum absolute atomic E-state index is 0.0366. The van der Waals surface area contributed by atoms with Crippen LogP contribution in [0.1, 0.15) is 34.1 Å². The van der Waals surface area contributed by atoms with Gasteiger partial charge in [-0.3, -0.25) is 4.79 Å². The number of pyridine rings is 1. The fraction of sp³-hybridized carbons (Fsp3) is 0.269. The van der Waals surface area contributed by atoms with Crippen LogP contribution in [-0.4, -0.2) is 47.7 Å². The van der Waals surface area contributed by atoms with Crippen LogP contribution in [-0.2, 0) is 16.0 Å². The molecule has 8 nitrogen and oxygen atoms in total. The highest BCUT2D eigenvalue weighted by molar-refractivity contribution is 7.91. The van der Waals surface area contributed by atoms with Gasteiger partial charge in [0.25, 0.3) is 5.91 Å². The fourth-order valence-electron chi connectivity index (χ4n) is 4.59. The maximum Gasteiger partial charge on any atom is 0.416 e. The number of fused-ring (bicyclic) bond motifs is 1. The van der Waals surface area contributed by atoms with Crippen LogP contribution in [0.3, 0.4) is 0 Å². The van der Waals surface area contributed by atoms with Crippen LogP contribution >= 0.6 is 0 Å². The number of hydrogen-bond acceptors (Lipinski definition) is 6. The minimum Gasteiger partial charge on any atom is -0.497 e. The Labute approximate surface area is 216 Å². The average molecular weight is 545 g/mol. The van der Waals surface area contributed by atoms with Gasteiger partial charge in [0, 0.05) is 11.3 Å². The molecular weight excluding hydrogens is 521 g/mol. The second-order valence-corrected chi connectivity index (χ2v) is 11.3. The van der Waals surface area contributed by atoms with Crippen molar-refractivity contribution >= 4 is 32.5 Å². The predicted molar refractivity (Wildman–Crippen MR) is 136 cm³/mol. The molecule has 4 aromatic rings. The summed E-state index contributed by atoms with van der Waals surface area (Å²) in [5.41, 5.74) is 1.47. The Morgan fingerprint density at radius 3 is 2.50 bits per heavy atom. The van der Waals surface area contributed by atoms with E-state index in [-0.39, 0.29) is 22.8 Å². The van der Waals surface area contributed by atoms with Crippen molar-refractivity contribution in [3.8, 4) is 17.0 Å². The van der Waals surface area contributed by atoms with Crippen molar-refractivity contribution < 1.29 is 31.1 Å². The molecule has 5 rings (SSSR count). The van der Waals surface area contributed by atoms with Crippen LogP contribution in [0.5, 0.6) is 5.75 Å². The monoisotopic (exact) mass is 544 g/mol. The number of methoxy groups -OCH3 is 1. The highest BCUT2D eigenvalue weighted by Crippen LogP contribution is 2.34. The van der Waals surface area contributed by atoms with Gasteiger partial charge in [-0.25, -0.2) is 18.1 Å². The van der Waals surface area contributed by atoms with Crippen LogP contribution in [0.4, 0.5) is 18.9 Å². The number of rotatable bonds is 5. The van der Waals surface area contributed by atoms with E-state index in [2.05, 4.69) is 10.4 Å². The molecule has 12 heteroatoms. The lowest BCUT2D eigenvalue weighted by atomic mass is 10.0. The number of nitrogens with one attached hydrogen (secondary N) is 1. The third-order valence-corrected chi connectivity index (χ3v) is 8.22. The molecule has 0 saturated carbocycles. The van der Waals surface area contributed by atoms with Crippen molar-refractivity contribution in [1.29, 1.82) is 0 Å². The van der Waals surface area contributed by atoms with Crippen LogP contribution in [0.2, 0.25) is 0 Å². The second kappa shape index (κ2) is 9.43. The first-order chi connectivity index (χ1) is 17.9. The van der Waals surface area contributed by atoms with Gasteiger partial charge < -0.3 is 10.1 Å². The molecule has 1 aliphatic rings. The molecule has 1 saturated heterocycles. The molecule has 198 valence electrons. The van der Waals surface area contributed by atoms with Crippen LogP contribution in [0, 0.1) is 6.92 Å². The number of carbonyl (C=O) groups excluding carboxylic acids is 1. The van der Waals surface area contributed by atoms with E-state index in [9.17, 15) is 26.4 Å². The number of amides is 1. The first-order valence-electron chi connectivity index (χ1n) is 11.7. The smallest absolute Gasteiger partial charge is 0.416 e. The number of anilines is 1. The molecule has 0 aliphatic carbocycles. The number of halogens is 3. The summed E-state index contributed by atoms with van der Waals surface area (Å²) < 4.78 is 70.1. The Kier molecular flexibility index (Phi) is 6.38. The minimum atomic E-state index is -4.50. The summed E-state index contributed by atoms with van der Waals surface area (Å²) in [5, 5.41) is 7.65. The van der Waals surface area contributed by atoms with E-state index in [0.717, 1.165) is 12.1 Å². The number of alkyl halides is 3. The highest BCUT2D eigenvalue weighted by atomic mass is 32.2. The molecule has 1 unspecified atom stereocenters. The standard InChI is InChI=1S/C26H23F3N4O4S/c1-15-23-21(25(34)30-18-8-6-17(7-9-18)26(27,28)29)13-22(16-4-3-5-20(12-16)37-2)31-24(23)33(32-15)19-10-11-38(35,36)14-19/h3-9,12-13,19H,10-11,14H2,1-2H3,(H,30,34). The molecule has 3 heterocycles. The van der Waals surface area contributed by atoms with Crippen molar-refractivity contribution in [3.63, 3.8) is 0 Å². The van der Waals surface area contributed by atoms with Gasteiger partial charge in [0.1, 0.15) is 5.75 Å². The summed E-state index contributed by atoms with van der Waals surface area (Å²) in [6.45, 7) is 1.70. The molecular formula is C26H23F3N4O4S. The van der Waals surface area contributed by atoms with Crippen molar-refractivity contribution in [2.45, 2.75) is 25.6 Å². The number of ether oxygens (including phenoxy) is 1. The molecule has 2 aromatic heterocycles. The number of sulfone groups is 1. The third-order valence-electron chi connectivity index (χ3n) is 6.47. The van der Waals surface area contributed by atoms with Crippen LogP contribution in [0.15, 0.2) is 54.6 Å². The lowest BCUT2D eigenvalue weighted by Crippen LogP contribution is -2.15. The second-order valence-electron chi connectivity index (χ2n) is 9.10. The number of nitrogens with zero attached hydrogens (tertiary/aromatic N) is 3. The van der Waals surface area contributed by atoms with Crippen LogP contribution in [0.25, 0.3) is 22.3 Å². The van der Waals surface area contributed by atoms with E-state index in [1.165, 1.54) is 19.2 Å². The quantitative estimate of drug-likeness (QED) is 0.377. The molecule has 0 spiro atoms. The topological polar surface area (TPSA) is 103 Å². The van der Waals surface area contributed by atoms with Gasteiger partial charge in [-0.05, 0) is 55.8 Å². The number of aryl methyl sites for hydroxylation is 1. The Morgan fingerprint density at radius 2 is 1.87 bits per heavy atom. The van der Waals surface area contributed by atoms with Gasteiger partial charge in [-0.1, -0.05) is 12.1 Å². The molecule has 1 atom stereocenters. The van der Waals surface area contributed by atoms with Crippen molar-refractivity contribution in [2.24, 2.45) is 0 Å². The molecule has 38 heavy (non-hydrogen) atoms. The number of aromatic nitrogens is 3. The molecule has 0 radical (unpaired) electrons. The van der Waals surface area contributed by atoms with E-state index in [4.69, 9.17) is 9.72 Å². The van der Waals surface area contributed by atoms with E-state index < -0.39 is 33.5 Å². The number of carbonyl (C=O) groups is 1. The zero-order chi connectivity index (χ0) is 27.2. The van der Waals surface area contributed by atoms with E-state index in [1.807, 2.05) is 0 Å². The van der Waals surface area contributed by atoms with Gasteiger partial charge in [0.05, 0.1) is 52.6 Å². The van der Waals surface area contributed by atoms with Gasteiger partial charge in [0.2, 0.25) is 0 Å². The zero-order valence-electron chi connectivity index (χ0n) is 20.4. The normalized spacial score (nSPS) is 17.0. The highest BCUT2D eigenvalue weighted by Gasteiger charge is 2.33. The predicted octanol–water partition coefficient (Wildman–Crippen LogP) is 5.05. The Balaban J connectivity index is 1.62. The van der Waals surface area contributed by atoms with Crippen molar-refractivity contribution in [3.05, 3.63) is 71.4 Å². The fourth-order valence-corrected chi connectivity index (χ4v) is 6.28. The molecule has 1 amide bonds. The first-order valence-corrected chi connectivity index (χ1v) is 13.5. The maximum atomic E-state index is 13.5.